The zero-order valence-corrected chi connectivity index (χ0v) is 14.0. The predicted octanol–water partition coefficient (Wildman–Crippen LogP) is 4.98. The molecule has 2 N–H and O–H groups in total. The van der Waals surface area contributed by atoms with E-state index in [1.54, 1.807) is 30.6 Å². The number of para-hydroxylation sites is 2. The topological polar surface area (TPSA) is 56.7 Å². The molecule has 0 atom stereocenters. The van der Waals surface area contributed by atoms with E-state index in [4.69, 9.17) is 33.9 Å². The number of aromatic nitrogens is 3. The van der Waals surface area contributed by atoms with E-state index in [2.05, 4.69) is 4.98 Å². The third-order valence-corrected chi connectivity index (χ3v) is 4.45. The van der Waals surface area contributed by atoms with Gasteiger partial charge in [0.2, 0.25) is 0 Å². The molecule has 0 saturated carbocycles. The molecule has 4 aromatic rings. The van der Waals surface area contributed by atoms with E-state index in [1.807, 2.05) is 34.9 Å². The van der Waals surface area contributed by atoms with E-state index in [-0.39, 0.29) is 0 Å². The van der Waals surface area contributed by atoms with Gasteiger partial charge in [0.15, 0.2) is 0 Å². The number of nitrogen functional groups attached to an aromatic ring is 1. The normalized spacial score (nSPS) is 11.1. The summed E-state index contributed by atoms with van der Waals surface area (Å²) in [5.74, 6) is 0.631. The monoisotopic (exact) mass is 354 g/mol. The van der Waals surface area contributed by atoms with Crippen LogP contribution in [0.15, 0.2) is 60.9 Å². The molecular formula is C18H12Cl2N4. The Morgan fingerprint density at radius 1 is 0.917 bits per heavy atom. The van der Waals surface area contributed by atoms with Crippen molar-refractivity contribution in [1.29, 1.82) is 0 Å². The molecule has 0 aliphatic heterocycles. The van der Waals surface area contributed by atoms with Crippen LogP contribution in [0.2, 0.25) is 10.0 Å². The number of anilines is 1. The summed E-state index contributed by atoms with van der Waals surface area (Å²) in [6.45, 7) is 0. The first-order valence-electron chi connectivity index (χ1n) is 7.28. The lowest BCUT2D eigenvalue weighted by molar-refractivity contribution is 1.10. The third-order valence-electron chi connectivity index (χ3n) is 3.82. The molecule has 0 bridgehead atoms. The lowest BCUT2D eigenvalue weighted by atomic mass is 10.2. The van der Waals surface area contributed by atoms with Crippen molar-refractivity contribution in [3.63, 3.8) is 0 Å². The minimum absolute atomic E-state index is 0.529. The van der Waals surface area contributed by atoms with Crippen LogP contribution in [0.3, 0.4) is 0 Å². The largest absolute Gasteiger partial charge is 0.397 e. The quantitative estimate of drug-likeness (QED) is 0.516. The molecule has 6 heteroatoms. The van der Waals surface area contributed by atoms with Crippen LogP contribution in [0.5, 0.6) is 0 Å². The second-order valence-electron chi connectivity index (χ2n) is 5.29. The molecule has 2 aromatic carbocycles. The number of nitrogens with two attached hydrogens (primary N) is 1. The predicted molar refractivity (Wildman–Crippen MR) is 98.7 cm³/mol. The number of benzene rings is 2. The van der Waals surface area contributed by atoms with Crippen LogP contribution in [0.1, 0.15) is 0 Å². The molecule has 2 aromatic heterocycles. The number of hydrogen-bond donors (Lipinski definition) is 1. The molecule has 0 aliphatic carbocycles. The van der Waals surface area contributed by atoms with Crippen molar-refractivity contribution in [3.8, 4) is 17.1 Å². The van der Waals surface area contributed by atoms with Crippen molar-refractivity contribution in [2.24, 2.45) is 0 Å². The molecule has 118 valence electrons. The summed E-state index contributed by atoms with van der Waals surface area (Å²) in [7, 11) is 0. The van der Waals surface area contributed by atoms with Gasteiger partial charge in [0, 0.05) is 6.20 Å². The number of imidazole rings is 1. The Balaban J connectivity index is 2.14. The number of fused-ring (bicyclic) bond motifs is 1. The van der Waals surface area contributed by atoms with Crippen molar-refractivity contribution >= 4 is 39.9 Å². The van der Waals surface area contributed by atoms with Crippen molar-refractivity contribution in [2.45, 2.75) is 0 Å². The first-order valence-corrected chi connectivity index (χ1v) is 8.04. The molecule has 4 rings (SSSR count). The standard InChI is InChI=1S/C18H12Cl2N4/c19-11-4-3-5-12(20)17(11)18-23-14-8-9-22-10-16(14)24(18)15-7-2-1-6-13(15)21/h1-10H,21H2. The van der Waals surface area contributed by atoms with Gasteiger partial charge in [-0.1, -0.05) is 41.4 Å². The molecule has 0 radical (unpaired) electrons. The van der Waals surface area contributed by atoms with E-state index in [0.717, 1.165) is 16.7 Å². The van der Waals surface area contributed by atoms with Crippen LogP contribution in [-0.2, 0) is 0 Å². The molecule has 2 heterocycles. The Morgan fingerprint density at radius 3 is 2.42 bits per heavy atom. The Bertz CT molecular complexity index is 1040. The van der Waals surface area contributed by atoms with Crippen LogP contribution in [0, 0.1) is 0 Å². The van der Waals surface area contributed by atoms with Gasteiger partial charge in [0.25, 0.3) is 0 Å². The van der Waals surface area contributed by atoms with Crippen molar-refractivity contribution in [2.75, 3.05) is 5.73 Å². The summed E-state index contributed by atoms with van der Waals surface area (Å²) in [5.41, 5.74) is 9.92. The van der Waals surface area contributed by atoms with Gasteiger partial charge in [-0.25, -0.2) is 4.98 Å². The fraction of sp³-hybridized carbons (Fsp3) is 0. The molecule has 0 saturated heterocycles. The Kier molecular flexibility index (Phi) is 3.63. The average molecular weight is 355 g/mol. The maximum absolute atomic E-state index is 6.41. The van der Waals surface area contributed by atoms with Gasteiger partial charge in [0.1, 0.15) is 5.82 Å². The lowest BCUT2D eigenvalue weighted by Gasteiger charge is -2.13. The average Bonchev–Trinajstić information content (AvgIpc) is 2.94. The van der Waals surface area contributed by atoms with Crippen molar-refractivity contribution in [1.82, 2.24) is 14.5 Å². The highest BCUT2D eigenvalue weighted by Crippen LogP contribution is 2.38. The second-order valence-corrected chi connectivity index (χ2v) is 6.11. The highest BCUT2D eigenvalue weighted by Gasteiger charge is 2.20. The maximum atomic E-state index is 6.41. The van der Waals surface area contributed by atoms with E-state index in [1.165, 1.54) is 0 Å². The minimum Gasteiger partial charge on any atom is -0.397 e. The Morgan fingerprint density at radius 2 is 1.67 bits per heavy atom. The Hall–Kier alpha value is -2.56. The molecule has 24 heavy (non-hydrogen) atoms. The summed E-state index contributed by atoms with van der Waals surface area (Å²) < 4.78 is 1.94. The van der Waals surface area contributed by atoms with Gasteiger partial charge >= 0.3 is 0 Å². The van der Waals surface area contributed by atoms with Crippen molar-refractivity contribution in [3.05, 3.63) is 71.0 Å². The maximum Gasteiger partial charge on any atom is 0.148 e. The summed E-state index contributed by atoms with van der Waals surface area (Å²) in [4.78, 5) is 8.93. The first kappa shape index (κ1) is 15.0. The van der Waals surface area contributed by atoms with Crippen LogP contribution in [-0.4, -0.2) is 14.5 Å². The summed E-state index contributed by atoms with van der Waals surface area (Å²) in [6, 6.07) is 14.8. The molecule has 0 amide bonds. The third kappa shape index (κ3) is 2.31. The van der Waals surface area contributed by atoms with Gasteiger partial charge in [-0.15, -0.1) is 0 Å². The van der Waals surface area contributed by atoms with E-state index >= 15 is 0 Å². The fourth-order valence-corrected chi connectivity index (χ4v) is 3.30. The second kappa shape index (κ2) is 5.82. The highest BCUT2D eigenvalue weighted by atomic mass is 35.5. The Labute approximate surface area is 148 Å². The molecule has 4 nitrogen and oxygen atoms in total. The molecule has 0 unspecified atom stereocenters. The van der Waals surface area contributed by atoms with E-state index < -0.39 is 0 Å². The summed E-state index contributed by atoms with van der Waals surface area (Å²) in [5, 5.41) is 1.06. The number of rotatable bonds is 2. The van der Waals surface area contributed by atoms with E-state index in [9.17, 15) is 0 Å². The van der Waals surface area contributed by atoms with Crippen LogP contribution >= 0.6 is 23.2 Å². The van der Waals surface area contributed by atoms with Crippen molar-refractivity contribution < 1.29 is 0 Å². The number of nitrogens with zero attached hydrogens (tertiary/aromatic N) is 3. The summed E-state index contributed by atoms with van der Waals surface area (Å²) in [6.07, 6.45) is 3.45. The smallest absolute Gasteiger partial charge is 0.148 e. The molecule has 0 fully saturated rings. The zero-order valence-electron chi connectivity index (χ0n) is 12.4. The zero-order chi connectivity index (χ0) is 16.7. The van der Waals surface area contributed by atoms with Crippen LogP contribution in [0.4, 0.5) is 5.69 Å². The number of halogens is 2. The minimum atomic E-state index is 0.529. The van der Waals surface area contributed by atoms with Gasteiger partial charge in [-0.2, -0.15) is 0 Å². The molecular weight excluding hydrogens is 343 g/mol. The molecule has 0 aliphatic rings. The van der Waals surface area contributed by atoms with Gasteiger partial charge in [0.05, 0.1) is 44.2 Å². The fourth-order valence-electron chi connectivity index (χ4n) is 2.74. The SMILES string of the molecule is Nc1ccccc1-n1c(-c2c(Cl)cccc2Cl)nc2ccncc21. The van der Waals surface area contributed by atoms with Gasteiger partial charge in [-0.3, -0.25) is 9.55 Å². The summed E-state index contributed by atoms with van der Waals surface area (Å²) >= 11 is 12.8. The number of pyridine rings is 1. The lowest BCUT2D eigenvalue weighted by Crippen LogP contribution is -2.02. The molecule has 0 spiro atoms. The number of hydrogen-bond acceptors (Lipinski definition) is 3. The van der Waals surface area contributed by atoms with Gasteiger partial charge in [-0.05, 0) is 30.3 Å². The van der Waals surface area contributed by atoms with Crippen LogP contribution in [0.25, 0.3) is 28.1 Å². The highest BCUT2D eigenvalue weighted by molar-refractivity contribution is 6.39. The van der Waals surface area contributed by atoms with Gasteiger partial charge < -0.3 is 5.73 Å². The van der Waals surface area contributed by atoms with Crippen LogP contribution < -0.4 is 5.73 Å². The first-order chi connectivity index (χ1) is 11.7. The van der Waals surface area contributed by atoms with E-state index in [0.29, 0.717) is 27.1 Å².